The summed E-state index contributed by atoms with van der Waals surface area (Å²) in [6.07, 6.45) is 1.60. The molecule has 0 amide bonds. The zero-order valence-corrected chi connectivity index (χ0v) is 15.6. The lowest BCUT2D eigenvalue weighted by Gasteiger charge is -2.01. The van der Waals surface area contributed by atoms with E-state index in [0.29, 0.717) is 27.7 Å². The minimum Gasteiger partial charge on any atom is -0.456 e. The molecule has 0 atom stereocenters. The van der Waals surface area contributed by atoms with Gasteiger partial charge in [-0.15, -0.1) is 11.3 Å². The van der Waals surface area contributed by atoms with Crippen LogP contribution in [0.3, 0.4) is 0 Å². The third kappa shape index (κ3) is 3.29. The zero-order chi connectivity index (χ0) is 19.7. The predicted octanol–water partition coefficient (Wildman–Crippen LogP) is 5.84. The number of aromatic nitrogens is 1. The third-order valence-electron chi connectivity index (χ3n) is 4.17. The Bertz CT molecular complexity index is 1240. The van der Waals surface area contributed by atoms with Gasteiger partial charge in [-0.25, -0.2) is 4.98 Å². The van der Waals surface area contributed by atoms with Crippen LogP contribution in [-0.2, 0) is 0 Å². The molecule has 2 aromatic carbocycles. The molecule has 0 N–H and O–H groups in total. The molecule has 0 unspecified atom stereocenters. The molecule has 2 heterocycles. The van der Waals surface area contributed by atoms with Gasteiger partial charge in [-0.05, 0) is 42.8 Å². The van der Waals surface area contributed by atoms with Gasteiger partial charge in [-0.2, -0.15) is 5.26 Å². The summed E-state index contributed by atoms with van der Waals surface area (Å²) in [5.74, 6) is 0.806. The summed E-state index contributed by atoms with van der Waals surface area (Å²) in [6, 6.07) is 18.1. The first kappa shape index (κ1) is 17.6. The molecule has 0 fully saturated rings. The largest absolute Gasteiger partial charge is 0.456 e. The van der Waals surface area contributed by atoms with Crippen LogP contribution < -0.4 is 0 Å². The first-order valence-corrected chi connectivity index (χ1v) is 9.20. The number of thiazole rings is 1. The van der Waals surface area contributed by atoms with E-state index in [2.05, 4.69) is 11.1 Å². The van der Waals surface area contributed by atoms with Gasteiger partial charge in [-0.3, -0.25) is 10.1 Å². The highest BCUT2D eigenvalue weighted by atomic mass is 32.1. The van der Waals surface area contributed by atoms with Crippen molar-refractivity contribution in [3.63, 3.8) is 0 Å². The number of hydrogen-bond acceptors (Lipinski definition) is 6. The van der Waals surface area contributed by atoms with Gasteiger partial charge in [0.15, 0.2) is 0 Å². The lowest BCUT2D eigenvalue weighted by molar-refractivity contribution is -0.384. The van der Waals surface area contributed by atoms with Gasteiger partial charge in [0.25, 0.3) is 5.69 Å². The van der Waals surface area contributed by atoms with Crippen LogP contribution in [0, 0.1) is 28.4 Å². The molecule has 0 bridgehead atoms. The number of aryl methyl sites for hydroxylation is 1. The number of fused-ring (bicyclic) bond motifs is 1. The van der Waals surface area contributed by atoms with E-state index in [0.717, 1.165) is 15.8 Å². The molecule has 0 aliphatic carbocycles. The first-order valence-electron chi connectivity index (χ1n) is 8.38. The lowest BCUT2D eigenvalue weighted by Crippen LogP contribution is -1.92. The van der Waals surface area contributed by atoms with Crippen LogP contribution in [0.2, 0.25) is 0 Å². The van der Waals surface area contributed by atoms with E-state index >= 15 is 0 Å². The van der Waals surface area contributed by atoms with Gasteiger partial charge < -0.3 is 4.42 Å². The number of nitro benzene ring substituents is 1. The van der Waals surface area contributed by atoms with E-state index in [1.807, 2.05) is 24.3 Å². The Morgan fingerprint density at radius 3 is 2.82 bits per heavy atom. The number of nitrogens with zero attached hydrogens (tertiary/aromatic N) is 3. The average molecular weight is 387 g/mol. The molecular weight excluding hydrogens is 374 g/mol. The Labute approximate surface area is 164 Å². The summed E-state index contributed by atoms with van der Waals surface area (Å²) in [5.41, 5.74) is 2.38. The van der Waals surface area contributed by atoms with Crippen LogP contribution in [0.15, 0.2) is 59.0 Å². The first-order chi connectivity index (χ1) is 13.5. The second-order valence-electron chi connectivity index (χ2n) is 6.14. The van der Waals surface area contributed by atoms with Gasteiger partial charge in [0.2, 0.25) is 0 Å². The van der Waals surface area contributed by atoms with Crippen LogP contribution in [0.4, 0.5) is 5.69 Å². The number of nitriles is 1. The van der Waals surface area contributed by atoms with Gasteiger partial charge in [0.1, 0.15) is 22.6 Å². The van der Waals surface area contributed by atoms with Crippen molar-refractivity contribution in [2.45, 2.75) is 6.92 Å². The van der Waals surface area contributed by atoms with Crippen LogP contribution in [0.5, 0.6) is 0 Å². The molecular formula is C21H13N3O3S. The highest BCUT2D eigenvalue weighted by Gasteiger charge is 2.18. The molecule has 28 heavy (non-hydrogen) atoms. The van der Waals surface area contributed by atoms with Crippen molar-refractivity contribution in [2.24, 2.45) is 0 Å². The maximum atomic E-state index is 11.4. The summed E-state index contributed by atoms with van der Waals surface area (Å²) in [4.78, 5) is 15.4. The molecule has 0 aliphatic heterocycles. The van der Waals surface area contributed by atoms with Gasteiger partial charge in [-0.1, -0.05) is 18.2 Å². The molecule has 4 aromatic rings. The maximum Gasteiger partial charge on any atom is 0.280 e. The third-order valence-corrected chi connectivity index (χ3v) is 5.24. The van der Waals surface area contributed by atoms with Gasteiger partial charge in [0.05, 0.1) is 26.3 Å². The minimum absolute atomic E-state index is 0.0171. The number of nitro groups is 1. The molecule has 6 nitrogen and oxygen atoms in total. The Balaban J connectivity index is 1.73. The standard InChI is InChI=1S/C21H13N3O3S/c1-13-6-8-16(18(10-13)24(25)26)19-9-7-15(27-19)11-14(12-22)21-23-17-4-2-3-5-20(17)28-21/h2-11H,1H3/b14-11+. The van der Waals surface area contributed by atoms with Crippen LogP contribution >= 0.6 is 11.3 Å². The van der Waals surface area contributed by atoms with E-state index in [4.69, 9.17) is 4.42 Å². The van der Waals surface area contributed by atoms with Crippen LogP contribution in [0.25, 0.3) is 33.2 Å². The summed E-state index contributed by atoms with van der Waals surface area (Å²) >= 11 is 1.43. The van der Waals surface area contributed by atoms with Crippen molar-refractivity contribution in [2.75, 3.05) is 0 Å². The number of allylic oxidation sites excluding steroid dienone is 1. The summed E-state index contributed by atoms with van der Waals surface area (Å²) in [6.45, 7) is 1.80. The maximum absolute atomic E-state index is 11.4. The molecule has 0 spiro atoms. The topological polar surface area (TPSA) is 93.0 Å². The molecule has 0 saturated carbocycles. The average Bonchev–Trinajstić information content (AvgIpc) is 3.32. The normalized spacial score (nSPS) is 11.5. The van der Waals surface area contributed by atoms with Gasteiger partial charge >= 0.3 is 0 Å². The fraction of sp³-hybridized carbons (Fsp3) is 0.0476. The van der Waals surface area contributed by atoms with E-state index in [9.17, 15) is 15.4 Å². The van der Waals surface area contributed by atoms with Gasteiger partial charge in [0, 0.05) is 12.1 Å². The molecule has 2 aromatic heterocycles. The Hall–Kier alpha value is -3.76. The number of furan rings is 1. The van der Waals surface area contributed by atoms with Crippen LogP contribution in [0.1, 0.15) is 16.3 Å². The van der Waals surface area contributed by atoms with Crippen molar-refractivity contribution in [1.82, 2.24) is 4.98 Å². The quantitative estimate of drug-likeness (QED) is 0.249. The monoisotopic (exact) mass is 387 g/mol. The summed E-state index contributed by atoms with van der Waals surface area (Å²) < 4.78 is 6.77. The highest BCUT2D eigenvalue weighted by Crippen LogP contribution is 2.33. The fourth-order valence-corrected chi connectivity index (χ4v) is 3.78. The number of hydrogen-bond donors (Lipinski definition) is 0. The highest BCUT2D eigenvalue weighted by molar-refractivity contribution is 7.19. The summed E-state index contributed by atoms with van der Waals surface area (Å²) in [5, 5.41) is 21.5. The molecule has 0 saturated heterocycles. The minimum atomic E-state index is -0.428. The Morgan fingerprint density at radius 1 is 1.25 bits per heavy atom. The van der Waals surface area contributed by atoms with Crippen molar-refractivity contribution < 1.29 is 9.34 Å². The molecule has 0 aliphatic rings. The van der Waals surface area contributed by atoms with Crippen molar-refractivity contribution in [3.8, 4) is 17.4 Å². The second kappa shape index (κ2) is 7.10. The number of para-hydroxylation sites is 1. The van der Waals surface area contributed by atoms with E-state index < -0.39 is 4.92 Å². The van der Waals surface area contributed by atoms with Crippen molar-refractivity contribution >= 4 is 38.9 Å². The summed E-state index contributed by atoms with van der Waals surface area (Å²) in [7, 11) is 0. The van der Waals surface area contributed by atoms with Crippen molar-refractivity contribution in [3.05, 3.63) is 81.0 Å². The Morgan fingerprint density at radius 2 is 2.07 bits per heavy atom. The molecule has 136 valence electrons. The fourth-order valence-electron chi connectivity index (χ4n) is 2.85. The second-order valence-corrected chi connectivity index (χ2v) is 7.17. The van der Waals surface area contributed by atoms with Crippen LogP contribution in [-0.4, -0.2) is 9.91 Å². The number of benzene rings is 2. The molecule has 4 rings (SSSR count). The smallest absolute Gasteiger partial charge is 0.280 e. The predicted molar refractivity (Wildman–Crippen MR) is 109 cm³/mol. The van der Waals surface area contributed by atoms with E-state index in [1.54, 1.807) is 37.3 Å². The lowest BCUT2D eigenvalue weighted by atomic mass is 10.1. The van der Waals surface area contributed by atoms with E-state index in [1.165, 1.54) is 17.4 Å². The Kier molecular flexibility index (Phi) is 4.47. The SMILES string of the molecule is Cc1ccc(-c2ccc(/C=C(\C#N)c3nc4ccccc4s3)o2)c([N+](=O)[O-])c1. The molecule has 0 radical (unpaired) electrons. The van der Waals surface area contributed by atoms with E-state index in [-0.39, 0.29) is 5.69 Å². The van der Waals surface area contributed by atoms with Crippen molar-refractivity contribution in [1.29, 1.82) is 5.26 Å². The number of rotatable bonds is 4. The molecule has 7 heteroatoms. The zero-order valence-electron chi connectivity index (χ0n) is 14.7.